The zero-order valence-electron chi connectivity index (χ0n) is 6.09. The van der Waals surface area contributed by atoms with Gasteiger partial charge in [0.1, 0.15) is 0 Å². The highest BCUT2D eigenvalue weighted by Gasteiger charge is 2.19. The van der Waals surface area contributed by atoms with Gasteiger partial charge in [0.15, 0.2) is 0 Å². The van der Waals surface area contributed by atoms with Crippen LogP contribution in [0.25, 0.3) is 0 Å². The van der Waals surface area contributed by atoms with Crippen molar-refractivity contribution in [2.24, 2.45) is 5.92 Å². The maximum absolute atomic E-state index is 4.37. The van der Waals surface area contributed by atoms with Crippen molar-refractivity contribution in [2.75, 3.05) is 0 Å². The van der Waals surface area contributed by atoms with Crippen LogP contribution in [-0.4, -0.2) is 11.4 Å². The van der Waals surface area contributed by atoms with E-state index in [1.165, 1.54) is 12.8 Å². The summed E-state index contributed by atoms with van der Waals surface area (Å²) in [7, 11) is 0. The van der Waals surface area contributed by atoms with Crippen LogP contribution in [0.1, 0.15) is 26.7 Å². The van der Waals surface area contributed by atoms with E-state index in [0.717, 1.165) is 5.92 Å². The number of hydrogen-bond donors (Lipinski definition) is 2. The van der Waals surface area contributed by atoms with Gasteiger partial charge in [-0.15, -0.1) is 0 Å². The first-order chi connectivity index (χ1) is 4.18. The van der Waals surface area contributed by atoms with Gasteiger partial charge in [0, 0.05) is 6.04 Å². The summed E-state index contributed by atoms with van der Waals surface area (Å²) in [5.74, 6) is 0.851. The van der Waals surface area contributed by atoms with Gasteiger partial charge in [0.2, 0.25) is 0 Å². The summed E-state index contributed by atoms with van der Waals surface area (Å²) in [5, 5.41) is 3.81. The Morgan fingerprint density at radius 1 is 1.33 bits per heavy atom. The molecule has 1 heterocycles. The fourth-order valence-corrected chi connectivity index (χ4v) is 2.16. The second-order valence-corrected chi connectivity index (χ2v) is 3.78. The van der Waals surface area contributed by atoms with Gasteiger partial charge in [-0.1, -0.05) is 6.92 Å². The molecule has 0 aromatic rings. The fraction of sp³-hybridized carbons (Fsp3) is 1.00. The van der Waals surface area contributed by atoms with Crippen LogP contribution in [0.4, 0.5) is 0 Å². The summed E-state index contributed by atoms with van der Waals surface area (Å²) < 4.78 is 0. The predicted molar refractivity (Wildman–Crippen MR) is 43.8 cm³/mol. The number of thiol groups is 1. The molecule has 0 radical (unpaired) electrons. The van der Waals surface area contributed by atoms with E-state index in [1.807, 2.05) is 0 Å². The molecule has 0 spiro atoms. The summed E-state index contributed by atoms with van der Waals surface area (Å²) in [5.41, 5.74) is 0. The van der Waals surface area contributed by atoms with Crippen LogP contribution in [0.5, 0.6) is 0 Å². The molecule has 3 unspecified atom stereocenters. The Morgan fingerprint density at radius 2 is 2.00 bits per heavy atom. The summed E-state index contributed by atoms with van der Waals surface area (Å²) in [6.45, 7) is 4.51. The molecule has 0 bridgehead atoms. The van der Waals surface area contributed by atoms with E-state index in [4.69, 9.17) is 0 Å². The lowest BCUT2D eigenvalue weighted by atomic mass is 9.95. The normalized spacial score (nSPS) is 45.0. The van der Waals surface area contributed by atoms with Gasteiger partial charge in [0.25, 0.3) is 0 Å². The number of rotatable bonds is 0. The Labute approximate surface area is 62.6 Å². The van der Waals surface area contributed by atoms with Crippen molar-refractivity contribution in [1.82, 2.24) is 5.32 Å². The third-order valence-corrected chi connectivity index (χ3v) is 2.22. The van der Waals surface area contributed by atoms with Crippen molar-refractivity contribution in [1.29, 1.82) is 0 Å². The summed E-state index contributed by atoms with van der Waals surface area (Å²) in [6, 6.07) is 0.663. The Kier molecular flexibility index (Phi) is 2.42. The van der Waals surface area contributed by atoms with Crippen molar-refractivity contribution in [3.05, 3.63) is 0 Å². The maximum atomic E-state index is 4.37. The zero-order valence-corrected chi connectivity index (χ0v) is 6.99. The summed E-state index contributed by atoms with van der Waals surface area (Å²) >= 11 is 4.37. The molecule has 2 heteroatoms. The highest BCUT2D eigenvalue weighted by molar-refractivity contribution is 7.80. The highest BCUT2D eigenvalue weighted by atomic mass is 32.1. The van der Waals surface area contributed by atoms with Crippen molar-refractivity contribution >= 4 is 12.6 Å². The van der Waals surface area contributed by atoms with Crippen molar-refractivity contribution in [2.45, 2.75) is 38.1 Å². The van der Waals surface area contributed by atoms with Crippen LogP contribution >= 0.6 is 12.6 Å². The maximum Gasteiger partial charge on any atom is 0.0506 e. The van der Waals surface area contributed by atoms with E-state index in [-0.39, 0.29) is 0 Å². The lowest BCUT2D eigenvalue weighted by Gasteiger charge is -2.29. The van der Waals surface area contributed by atoms with Crippen molar-refractivity contribution in [3.63, 3.8) is 0 Å². The molecule has 1 aliphatic rings. The van der Waals surface area contributed by atoms with Gasteiger partial charge < -0.3 is 5.32 Å². The topological polar surface area (TPSA) is 12.0 Å². The van der Waals surface area contributed by atoms with E-state index < -0.39 is 0 Å². The van der Waals surface area contributed by atoms with Crippen LogP contribution in [0, 0.1) is 5.92 Å². The highest BCUT2D eigenvalue weighted by Crippen LogP contribution is 2.20. The molecule has 1 saturated heterocycles. The first-order valence-corrected chi connectivity index (χ1v) is 4.14. The van der Waals surface area contributed by atoms with Gasteiger partial charge in [-0.3, -0.25) is 0 Å². The molecule has 1 fully saturated rings. The van der Waals surface area contributed by atoms with E-state index >= 15 is 0 Å². The molecule has 1 nitrogen and oxygen atoms in total. The Balaban J connectivity index is 2.34. The fourth-order valence-electron chi connectivity index (χ4n) is 1.55. The third kappa shape index (κ3) is 2.18. The second-order valence-electron chi connectivity index (χ2n) is 3.16. The summed E-state index contributed by atoms with van der Waals surface area (Å²) in [4.78, 5) is 0. The summed E-state index contributed by atoms with van der Waals surface area (Å²) in [6.07, 6.45) is 2.52. The lowest BCUT2D eigenvalue weighted by Crippen LogP contribution is -2.40. The molecule has 3 atom stereocenters. The molecule has 0 aromatic carbocycles. The molecule has 0 aromatic heterocycles. The molecule has 1 N–H and O–H groups in total. The van der Waals surface area contributed by atoms with E-state index in [9.17, 15) is 0 Å². The van der Waals surface area contributed by atoms with E-state index in [2.05, 4.69) is 31.8 Å². The van der Waals surface area contributed by atoms with Gasteiger partial charge in [0.05, 0.1) is 5.37 Å². The molecule has 1 aliphatic heterocycles. The quantitative estimate of drug-likeness (QED) is 0.494. The molecule has 0 saturated carbocycles. The van der Waals surface area contributed by atoms with Crippen LogP contribution in [0.2, 0.25) is 0 Å². The third-order valence-electron chi connectivity index (χ3n) is 1.86. The monoisotopic (exact) mass is 145 g/mol. The van der Waals surface area contributed by atoms with E-state index in [0.29, 0.717) is 11.4 Å². The molecule has 0 aliphatic carbocycles. The molecule has 1 rings (SSSR count). The number of piperidine rings is 1. The van der Waals surface area contributed by atoms with Crippen LogP contribution in [0.15, 0.2) is 0 Å². The Bertz CT molecular complexity index is 69.9. The standard InChI is InChI=1S/C7H15NS/c1-5-3-6(2)8-7(9)4-5/h5-9H,3-4H2,1-2H3. The molecular weight excluding hydrogens is 130 g/mol. The largest absolute Gasteiger partial charge is 0.303 e. The van der Waals surface area contributed by atoms with Gasteiger partial charge >= 0.3 is 0 Å². The predicted octanol–water partition coefficient (Wildman–Crippen LogP) is 1.65. The Morgan fingerprint density at radius 3 is 2.44 bits per heavy atom. The average molecular weight is 145 g/mol. The Hall–Kier alpha value is 0.310. The number of hydrogen-bond acceptors (Lipinski definition) is 2. The van der Waals surface area contributed by atoms with Crippen LogP contribution in [-0.2, 0) is 0 Å². The number of nitrogens with one attached hydrogen (secondary N) is 1. The zero-order chi connectivity index (χ0) is 6.85. The van der Waals surface area contributed by atoms with Gasteiger partial charge in [-0.2, -0.15) is 12.6 Å². The van der Waals surface area contributed by atoms with Gasteiger partial charge in [-0.25, -0.2) is 0 Å². The first-order valence-electron chi connectivity index (χ1n) is 3.62. The second kappa shape index (κ2) is 2.93. The lowest BCUT2D eigenvalue weighted by molar-refractivity contribution is 0.319. The van der Waals surface area contributed by atoms with E-state index in [1.54, 1.807) is 0 Å². The average Bonchev–Trinajstić information content (AvgIpc) is 1.59. The SMILES string of the molecule is CC1CC(C)NC(S)C1. The van der Waals surface area contributed by atoms with Gasteiger partial charge in [-0.05, 0) is 25.7 Å². The first kappa shape index (κ1) is 7.42. The minimum atomic E-state index is 0.434. The smallest absolute Gasteiger partial charge is 0.0506 e. The minimum absolute atomic E-state index is 0.434. The molecule has 54 valence electrons. The van der Waals surface area contributed by atoms with Crippen molar-refractivity contribution < 1.29 is 0 Å². The van der Waals surface area contributed by atoms with Crippen LogP contribution in [0.3, 0.4) is 0 Å². The van der Waals surface area contributed by atoms with Crippen molar-refractivity contribution in [3.8, 4) is 0 Å². The molecular formula is C7H15NS. The molecule has 9 heavy (non-hydrogen) atoms. The minimum Gasteiger partial charge on any atom is -0.303 e. The van der Waals surface area contributed by atoms with Crippen LogP contribution < -0.4 is 5.32 Å². The molecule has 0 amide bonds.